The highest BCUT2D eigenvalue weighted by molar-refractivity contribution is 5.79. The lowest BCUT2D eigenvalue weighted by atomic mass is 10.0. The normalized spacial score (nSPS) is 14.9. The van der Waals surface area contributed by atoms with Crippen LogP contribution in [0.2, 0.25) is 0 Å². The maximum absolute atomic E-state index is 12.1. The van der Waals surface area contributed by atoms with Crippen LogP contribution in [0.25, 0.3) is 0 Å². The van der Waals surface area contributed by atoms with E-state index < -0.39 is 30.2 Å². The minimum absolute atomic E-state index is 0.388. The van der Waals surface area contributed by atoms with E-state index in [0.717, 1.165) is 12.1 Å². The minimum Gasteiger partial charge on any atom is -0.405 e. The zero-order chi connectivity index (χ0) is 13.9. The van der Waals surface area contributed by atoms with Crippen LogP contribution in [0.3, 0.4) is 0 Å². The Kier molecular flexibility index (Phi) is 4.15. The Balaban J connectivity index is 3.05. The van der Waals surface area contributed by atoms with Gasteiger partial charge < -0.3 is 20.7 Å². The van der Waals surface area contributed by atoms with Gasteiger partial charge in [-0.15, -0.1) is 13.2 Å². The van der Waals surface area contributed by atoms with Crippen LogP contribution < -0.4 is 10.5 Å². The third-order valence-corrected chi connectivity index (χ3v) is 2.05. The smallest absolute Gasteiger partial charge is 0.405 e. The summed E-state index contributed by atoms with van der Waals surface area (Å²) in [5, 5.41) is 18.7. The number of rotatable bonds is 4. The Morgan fingerprint density at radius 3 is 2.33 bits per heavy atom. The molecule has 0 aliphatic carbocycles. The zero-order valence-corrected chi connectivity index (χ0v) is 8.89. The first-order valence-electron chi connectivity index (χ1n) is 4.72. The van der Waals surface area contributed by atoms with E-state index in [1.54, 1.807) is 0 Å². The largest absolute Gasteiger partial charge is 0.573 e. The lowest BCUT2D eigenvalue weighted by Gasteiger charge is -2.19. The lowest BCUT2D eigenvalue weighted by molar-refractivity contribution is -0.275. The van der Waals surface area contributed by atoms with Gasteiger partial charge in [0.25, 0.3) is 0 Å². The summed E-state index contributed by atoms with van der Waals surface area (Å²) in [7, 11) is 0. The third kappa shape index (κ3) is 3.60. The Hall–Kier alpha value is -1.80. The van der Waals surface area contributed by atoms with Crippen molar-refractivity contribution in [2.75, 3.05) is 0 Å². The minimum atomic E-state index is -4.95. The maximum Gasteiger partial charge on any atom is 0.573 e. The number of aliphatic hydroxyl groups excluding tert-OH is 2. The molecule has 8 heteroatoms. The summed E-state index contributed by atoms with van der Waals surface area (Å²) in [4.78, 5) is 10.7. The summed E-state index contributed by atoms with van der Waals surface area (Å²) in [6.07, 6.45) is -8.88. The van der Waals surface area contributed by atoms with Crippen molar-refractivity contribution >= 4 is 5.91 Å². The third-order valence-electron chi connectivity index (χ3n) is 2.05. The van der Waals surface area contributed by atoms with E-state index in [1.807, 2.05) is 0 Å². The Bertz CT molecular complexity index is 435. The summed E-state index contributed by atoms with van der Waals surface area (Å²) in [6.45, 7) is 0. The molecule has 5 nitrogen and oxygen atoms in total. The van der Waals surface area contributed by atoms with Crippen molar-refractivity contribution in [3.05, 3.63) is 29.8 Å². The highest BCUT2D eigenvalue weighted by Crippen LogP contribution is 2.31. The van der Waals surface area contributed by atoms with Gasteiger partial charge in [-0.05, 0) is 6.07 Å². The molecule has 0 aliphatic rings. The standard InChI is InChI=1S/C10H10F3NO4/c11-10(12,13)18-6-4-2-1-3-5(6)7(15)8(16)9(14)17/h1-4,7-8,15-16H,(H2,14,17). The molecule has 4 N–H and O–H groups in total. The van der Waals surface area contributed by atoms with E-state index in [4.69, 9.17) is 5.73 Å². The summed E-state index contributed by atoms with van der Waals surface area (Å²) in [5.74, 6) is -1.97. The van der Waals surface area contributed by atoms with Gasteiger partial charge in [0.2, 0.25) is 5.91 Å². The van der Waals surface area contributed by atoms with Crippen LogP contribution in [0, 0.1) is 0 Å². The second-order valence-electron chi connectivity index (χ2n) is 3.38. The van der Waals surface area contributed by atoms with Crippen molar-refractivity contribution in [3.63, 3.8) is 0 Å². The number of alkyl halides is 3. The van der Waals surface area contributed by atoms with Crippen molar-refractivity contribution in [1.82, 2.24) is 0 Å². The molecule has 0 radical (unpaired) electrons. The van der Waals surface area contributed by atoms with Crippen LogP contribution in [0.1, 0.15) is 11.7 Å². The number of hydrogen-bond acceptors (Lipinski definition) is 4. The van der Waals surface area contributed by atoms with E-state index >= 15 is 0 Å². The van der Waals surface area contributed by atoms with Gasteiger partial charge in [-0.25, -0.2) is 0 Å². The summed E-state index contributed by atoms with van der Waals surface area (Å²) in [5.41, 5.74) is 4.35. The summed E-state index contributed by atoms with van der Waals surface area (Å²) < 4.78 is 39.9. The molecule has 1 rings (SSSR count). The number of primary amides is 1. The molecule has 0 saturated heterocycles. The van der Waals surface area contributed by atoms with E-state index in [0.29, 0.717) is 0 Å². The predicted octanol–water partition coefficient (Wildman–Crippen LogP) is 0.465. The molecular formula is C10H10F3NO4. The lowest BCUT2D eigenvalue weighted by Crippen LogP contribution is -2.34. The quantitative estimate of drug-likeness (QED) is 0.737. The maximum atomic E-state index is 12.1. The van der Waals surface area contributed by atoms with Gasteiger partial charge in [-0.2, -0.15) is 0 Å². The molecule has 1 aromatic rings. The fourth-order valence-electron chi connectivity index (χ4n) is 1.27. The molecule has 0 saturated carbocycles. The molecule has 2 atom stereocenters. The van der Waals surface area contributed by atoms with Crippen LogP contribution in [-0.4, -0.2) is 28.6 Å². The van der Waals surface area contributed by atoms with Crippen molar-refractivity contribution < 1.29 is 32.9 Å². The molecular weight excluding hydrogens is 255 g/mol. The molecule has 18 heavy (non-hydrogen) atoms. The number of ether oxygens (including phenoxy) is 1. The first-order valence-corrected chi connectivity index (χ1v) is 4.72. The van der Waals surface area contributed by atoms with Gasteiger partial charge >= 0.3 is 6.36 Å². The average Bonchev–Trinajstić information content (AvgIpc) is 2.25. The number of para-hydroxylation sites is 1. The molecule has 0 spiro atoms. The number of benzene rings is 1. The fraction of sp³-hybridized carbons (Fsp3) is 0.300. The second-order valence-corrected chi connectivity index (χ2v) is 3.38. The predicted molar refractivity (Wildman–Crippen MR) is 53.3 cm³/mol. The van der Waals surface area contributed by atoms with Crippen molar-refractivity contribution in [2.45, 2.75) is 18.6 Å². The first-order chi connectivity index (χ1) is 8.22. The molecule has 0 fully saturated rings. The summed E-state index contributed by atoms with van der Waals surface area (Å²) >= 11 is 0. The molecule has 2 unspecified atom stereocenters. The van der Waals surface area contributed by atoms with Gasteiger partial charge in [0.1, 0.15) is 11.9 Å². The molecule has 0 aliphatic heterocycles. The monoisotopic (exact) mass is 265 g/mol. The topological polar surface area (TPSA) is 92.8 Å². The number of amides is 1. The van der Waals surface area contributed by atoms with E-state index in [1.165, 1.54) is 12.1 Å². The number of carbonyl (C=O) groups is 1. The zero-order valence-electron chi connectivity index (χ0n) is 8.89. The van der Waals surface area contributed by atoms with Crippen molar-refractivity contribution in [3.8, 4) is 5.75 Å². The van der Waals surface area contributed by atoms with Crippen LogP contribution >= 0.6 is 0 Å². The van der Waals surface area contributed by atoms with Crippen LogP contribution in [0.5, 0.6) is 5.75 Å². The highest BCUT2D eigenvalue weighted by Gasteiger charge is 2.34. The number of nitrogens with two attached hydrogens (primary N) is 1. The molecule has 0 heterocycles. The number of carbonyl (C=O) groups excluding carboxylic acids is 1. The van der Waals surface area contributed by atoms with Gasteiger partial charge in [-0.1, -0.05) is 18.2 Å². The van der Waals surface area contributed by atoms with Gasteiger partial charge in [-0.3, -0.25) is 4.79 Å². The number of aliphatic hydroxyl groups is 2. The molecule has 1 aromatic carbocycles. The van der Waals surface area contributed by atoms with Crippen LogP contribution in [-0.2, 0) is 4.79 Å². The molecule has 100 valence electrons. The van der Waals surface area contributed by atoms with Gasteiger partial charge in [0.05, 0.1) is 0 Å². The van der Waals surface area contributed by atoms with Gasteiger partial charge in [0.15, 0.2) is 6.10 Å². The van der Waals surface area contributed by atoms with E-state index in [-0.39, 0.29) is 5.56 Å². The van der Waals surface area contributed by atoms with Crippen molar-refractivity contribution in [1.29, 1.82) is 0 Å². The van der Waals surface area contributed by atoms with E-state index in [9.17, 15) is 28.2 Å². The van der Waals surface area contributed by atoms with Crippen LogP contribution in [0.15, 0.2) is 24.3 Å². The molecule has 0 bridgehead atoms. The second kappa shape index (κ2) is 5.23. The van der Waals surface area contributed by atoms with Gasteiger partial charge in [0, 0.05) is 5.56 Å². The Morgan fingerprint density at radius 2 is 1.83 bits per heavy atom. The molecule has 0 aromatic heterocycles. The average molecular weight is 265 g/mol. The first kappa shape index (κ1) is 14.3. The van der Waals surface area contributed by atoms with E-state index in [2.05, 4.69) is 4.74 Å². The van der Waals surface area contributed by atoms with Crippen molar-refractivity contribution in [2.24, 2.45) is 5.73 Å². The Labute approximate surface area is 99.6 Å². The number of hydrogen-bond donors (Lipinski definition) is 3. The molecule has 1 amide bonds. The fourth-order valence-corrected chi connectivity index (χ4v) is 1.27. The summed E-state index contributed by atoms with van der Waals surface area (Å²) in [6, 6.07) is 4.58. The highest BCUT2D eigenvalue weighted by atomic mass is 19.4. The SMILES string of the molecule is NC(=O)C(O)C(O)c1ccccc1OC(F)(F)F. The Morgan fingerprint density at radius 1 is 1.28 bits per heavy atom. The number of halogens is 3. The van der Waals surface area contributed by atoms with Crippen LogP contribution in [0.4, 0.5) is 13.2 Å².